The van der Waals surface area contributed by atoms with Gasteiger partial charge in [-0.3, -0.25) is 4.79 Å². The van der Waals surface area contributed by atoms with Gasteiger partial charge in [0.25, 0.3) is 5.91 Å². The van der Waals surface area contributed by atoms with Crippen LogP contribution in [0.25, 0.3) is 0 Å². The van der Waals surface area contributed by atoms with Gasteiger partial charge in [-0.15, -0.1) is 0 Å². The third-order valence-electron chi connectivity index (χ3n) is 4.57. The van der Waals surface area contributed by atoms with Crippen molar-refractivity contribution >= 4 is 11.9 Å². The van der Waals surface area contributed by atoms with Gasteiger partial charge in [0.05, 0.1) is 33.0 Å². The molecule has 0 saturated carbocycles. The number of rotatable bonds is 13. The van der Waals surface area contributed by atoms with Gasteiger partial charge in [0.2, 0.25) is 0 Å². The maximum absolute atomic E-state index is 12.4. The fourth-order valence-corrected chi connectivity index (χ4v) is 2.93. The van der Waals surface area contributed by atoms with E-state index < -0.39 is 5.97 Å². The molecule has 8 heteroatoms. The molecule has 0 bridgehead atoms. The van der Waals surface area contributed by atoms with Gasteiger partial charge in [-0.05, 0) is 55.2 Å². The average Bonchev–Trinajstić information content (AvgIpc) is 2.81. The van der Waals surface area contributed by atoms with E-state index in [9.17, 15) is 9.59 Å². The van der Waals surface area contributed by atoms with Gasteiger partial charge in [0.1, 0.15) is 0 Å². The summed E-state index contributed by atoms with van der Waals surface area (Å²) in [6.07, 6.45) is 0.593. The number of amides is 1. The van der Waals surface area contributed by atoms with E-state index in [2.05, 4.69) is 5.32 Å². The second-order valence-corrected chi connectivity index (χ2v) is 7.66. The smallest absolute Gasteiger partial charge is 0.338 e. The first-order valence-corrected chi connectivity index (χ1v) is 10.9. The average molecular weight is 460 g/mol. The number of benzene rings is 2. The van der Waals surface area contributed by atoms with E-state index in [4.69, 9.17) is 23.7 Å². The molecule has 180 valence electrons. The van der Waals surface area contributed by atoms with Gasteiger partial charge in [-0.1, -0.05) is 19.9 Å². The Bertz CT molecular complexity index is 927. The van der Waals surface area contributed by atoms with Crippen LogP contribution in [-0.2, 0) is 16.0 Å². The van der Waals surface area contributed by atoms with Crippen LogP contribution in [-0.4, -0.2) is 52.5 Å². The molecule has 8 nitrogen and oxygen atoms in total. The third kappa shape index (κ3) is 8.21. The molecule has 1 N–H and O–H groups in total. The van der Waals surface area contributed by atoms with Crippen LogP contribution in [0.2, 0.25) is 0 Å². The predicted octanol–water partition coefficient (Wildman–Crippen LogP) is 3.65. The zero-order chi connectivity index (χ0) is 24.2. The van der Waals surface area contributed by atoms with Crippen LogP contribution in [0.3, 0.4) is 0 Å². The van der Waals surface area contributed by atoms with E-state index in [0.29, 0.717) is 55.1 Å². The third-order valence-corrected chi connectivity index (χ3v) is 4.57. The van der Waals surface area contributed by atoms with Crippen LogP contribution >= 0.6 is 0 Å². The summed E-state index contributed by atoms with van der Waals surface area (Å²) in [5, 5.41) is 2.74. The van der Waals surface area contributed by atoms with Crippen LogP contribution in [0.4, 0.5) is 0 Å². The highest BCUT2D eigenvalue weighted by Gasteiger charge is 2.15. The van der Waals surface area contributed by atoms with E-state index in [1.165, 1.54) is 0 Å². The molecule has 0 aliphatic carbocycles. The lowest BCUT2D eigenvalue weighted by molar-refractivity contribution is -0.124. The van der Waals surface area contributed by atoms with Crippen LogP contribution in [0.15, 0.2) is 36.4 Å². The minimum atomic E-state index is -0.610. The molecule has 0 aliphatic heterocycles. The molecule has 0 heterocycles. The number of hydrogen-bond acceptors (Lipinski definition) is 7. The second kappa shape index (κ2) is 13.2. The molecule has 0 saturated heterocycles. The Kier molecular flexibility index (Phi) is 10.3. The van der Waals surface area contributed by atoms with Crippen molar-refractivity contribution in [2.45, 2.75) is 27.2 Å². The molecule has 0 atom stereocenters. The van der Waals surface area contributed by atoms with Gasteiger partial charge in [0, 0.05) is 6.54 Å². The van der Waals surface area contributed by atoms with Crippen molar-refractivity contribution in [3.8, 4) is 23.0 Å². The van der Waals surface area contributed by atoms with Gasteiger partial charge in [-0.2, -0.15) is 0 Å². The highest BCUT2D eigenvalue weighted by atomic mass is 16.5. The Balaban J connectivity index is 1.84. The van der Waals surface area contributed by atoms with Crippen molar-refractivity contribution in [2.24, 2.45) is 5.92 Å². The van der Waals surface area contributed by atoms with Crippen molar-refractivity contribution in [3.05, 3.63) is 47.5 Å². The maximum atomic E-state index is 12.4. The van der Waals surface area contributed by atoms with E-state index in [1.54, 1.807) is 32.4 Å². The molecular formula is C25H33NO7. The maximum Gasteiger partial charge on any atom is 0.338 e. The lowest BCUT2D eigenvalue weighted by atomic mass is 10.1. The lowest BCUT2D eigenvalue weighted by Gasteiger charge is -2.14. The van der Waals surface area contributed by atoms with Crippen LogP contribution in [0.5, 0.6) is 23.0 Å². The number of nitrogens with one attached hydrogen (secondary N) is 1. The fourth-order valence-electron chi connectivity index (χ4n) is 2.93. The quantitative estimate of drug-likeness (QED) is 0.457. The monoisotopic (exact) mass is 459 g/mol. The summed E-state index contributed by atoms with van der Waals surface area (Å²) in [6, 6.07) is 10.4. The Morgan fingerprint density at radius 1 is 0.909 bits per heavy atom. The van der Waals surface area contributed by atoms with Gasteiger partial charge >= 0.3 is 5.97 Å². The number of carbonyl (C=O) groups excluding carboxylic acids is 2. The van der Waals surface area contributed by atoms with Crippen molar-refractivity contribution in [2.75, 3.05) is 40.6 Å². The van der Waals surface area contributed by atoms with Crippen molar-refractivity contribution < 1.29 is 33.3 Å². The summed E-state index contributed by atoms with van der Waals surface area (Å²) < 4.78 is 27.0. The van der Waals surface area contributed by atoms with Crippen molar-refractivity contribution in [1.82, 2.24) is 5.32 Å². The van der Waals surface area contributed by atoms with Crippen molar-refractivity contribution in [3.63, 3.8) is 0 Å². The molecule has 0 radical (unpaired) electrons. The molecule has 2 rings (SSSR count). The summed E-state index contributed by atoms with van der Waals surface area (Å²) in [7, 11) is 3.15. The van der Waals surface area contributed by atoms with Crippen LogP contribution < -0.4 is 24.3 Å². The molecule has 0 spiro atoms. The van der Waals surface area contributed by atoms with E-state index in [0.717, 1.165) is 5.56 Å². The molecule has 1 amide bonds. The number of methoxy groups -OCH3 is 2. The highest BCUT2D eigenvalue weighted by molar-refractivity contribution is 5.92. The normalized spacial score (nSPS) is 10.5. The molecule has 0 aliphatic rings. The topological polar surface area (TPSA) is 92.3 Å². The first-order valence-electron chi connectivity index (χ1n) is 10.9. The largest absolute Gasteiger partial charge is 0.493 e. The number of carbonyl (C=O) groups is 2. The fraction of sp³-hybridized carbons (Fsp3) is 0.440. The number of hydrogen-bond donors (Lipinski definition) is 1. The van der Waals surface area contributed by atoms with E-state index in [-0.39, 0.29) is 18.1 Å². The molecular weight excluding hydrogens is 426 g/mol. The Hall–Kier alpha value is -3.42. The Morgan fingerprint density at radius 2 is 1.64 bits per heavy atom. The summed E-state index contributed by atoms with van der Waals surface area (Å²) in [6.45, 7) is 6.93. The minimum absolute atomic E-state index is 0.286. The standard InChI is InChI=1S/C25H33NO7/c1-6-31-23-14-19(8-10-21(23)32-15-17(2)3)25(28)33-16-24(27)26-12-11-18-7-9-20(29-4)22(13-18)30-5/h7-10,13-14,17H,6,11-12,15-16H2,1-5H3,(H,26,27). The van der Waals surface area contributed by atoms with Crippen LogP contribution in [0, 0.1) is 5.92 Å². The zero-order valence-electron chi connectivity index (χ0n) is 19.9. The minimum Gasteiger partial charge on any atom is -0.493 e. The van der Waals surface area contributed by atoms with E-state index >= 15 is 0 Å². The van der Waals surface area contributed by atoms with Crippen molar-refractivity contribution in [1.29, 1.82) is 0 Å². The number of ether oxygens (including phenoxy) is 5. The summed E-state index contributed by atoms with van der Waals surface area (Å²) in [4.78, 5) is 24.5. The summed E-state index contributed by atoms with van der Waals surface area (Å²) in [5.74, 6) is 1.66. The first kappa shape index (κ1) is 25.8. The molecule has 33 heavy (non-hydrogen) atoms. The Morgan fingerprint density at radius 3 is 2.30 bits per heavy atom. The molecule has 0 aromatic heterocycles. The van der Waals surface area contributed by atoms with Gasteiger partial charge in [0.15, 0.2) is 29.6 Å². The first-order chi connectivity index (χ1) is 15.9. The summed E-state index contributed by atoms with van der Waals surface area (Å²) in [5.41, 5.74) is 1.27. The predicted molar refractivity (Wildman–Crippen MR) is 124 cm³/mol. The molecule has 0 fully saturated rings. The number of esters is 1. The van der Waals surface area contributed by atoms with Gasteiger partial charge < -0.3 is 29.0 Å². The van der Waals surface area contributed by atoms with Crippen LogP contribution in [0.1, 0.15) is 36.7 Å². The zero-order valence-corrected chi connectivity index (χ0v) is 19.9. The van der Waals surface area contributed by atoms with E-state index in [1.807, 2.05) is 39.0 Å². The molecule has 0 unspecified atom stereocenters. The lowest BCUT2D eigenvalue weighted by Crippen LogP contribution is -2.30. The second-order valence-electron chi connectivity index (χ2n) is 7.66. The summed E-state index contributed by atoms with van der Waals surface area (Å²) >= 11 is 0. The highest BCUT2D eigenvalue weighted by Crippen LogP contribution is 2.29. The Labute approximate surface area is 195 Å². The molecule has 2 aromatic carbocycles. The SMILES string of the molecule is CCOc1cc(C(=O)OCC(=O)NCCc2ccc(OC)c(OC)c2)ccc1OCC(C)C. The molecule has 2 aromatic rings. The van der Waals surface area contributed by atoms with Gasteiger partial charge in [-0.25, -0.2) is 4.79 Å².